The van der Waals surface area contributed by atoms with Crippen LogP contribution in [0.25, 0.3) is 0 Å². The number of amidine groups is 1. The van der Waals surface area contributed by atoms with Gasteiger partial charge in [0.05, 0.1) is 19.8 Å². The van der Waals surface area contributed by atoms with Crippen molar-refractivity contribution in [1.29, 1.82) is 0 Å². The van der Waals surface area contributed by atoms with Crippen molar-refractivity contribution in [3.05, 3.63) is 47.8 Å². The minimum Gasteiger partial charge on any atom is -0.497 e. The second-order valence-electron chi connectivity index (χ2n) is 4.75. The number of nitrogens with one attached hydrogen (secondary N) is 1. The van der Waals surface area contributed by atoms with Crippen molar-refractivity contribution in [1.82, 2.24) is 0 Å². The number of nitrogens with zero attached hydrogens (tertiary/aromatic N) is 1. The normalized spacial score (nSPS) is 14.8. The molecule has 3 rings (SSSR count). The third-order valence-electron chi connectivity index (χ3n) is 3.32. The van der Waals surface area contributed by atoms with E-state index >= 15 is 0 Å². The number of fused-ring (bicyclic) bond motifs is 1. The van der Waals surface area contributed by atoms with Gasteiger partial charge in [0.2, 0.25) is 0 Å². The minimum atomic E-state index is -3.91. The summed E-state index contributed by atoms with van der Waals surface area (Å²) in [6.45, 7) is 0. The van der Waals surface area contributed by atoms with Gasteiger partial charge in [-0.2, -0.15) is 8.42 Å². The quantitative estimate of drug-likeness (QED) is 0.931. The smallest absolute Gasteiger partial charge is 0.285 e. The maximum absolute atomic E-state index is 14.0. The average Bonchev–Trinajstić information content (AvgIpc) is 2.78. The first-order chi connectivity index (χ1) is 10.9. The van der Waals surface area contributed by atoms with Gasteiger partial charge in [-0.25, -0.2) is 4.39 Å². The Bertz CT molecular complexity index is 887. The molecule has 0 atom stereocenters. The maximum Gasteiger partial charge on any atom is 0.285 e. The fourth-order valence-electron chi connectivity index (χ4n) is 2.27. The number of rotatable bonds is 3. The van der Waals surface area contributed by atoms with Gasteiger partial charge in [0.1, 0.15) is 22.2 Å². The molecule has 120 valence electrons. The first kappa shape index (κ1) is 15.3. The van der Waals surface area contributed by atoms with Crippen LogP contribution in [0.2, 0.25) is 0 Å². The Kier molecular flexibility index (Phi) is 3.69. The highest BCUT2D eigenvalue weighted by Crippen LogP contribution is 2.31. The van der Waals surface area contributed by atoms with Crippen molar-refractivity contribution in [2.24, 2.45) is 4.40 Å². The fourth-order valence-corrected chi connectivity index (χ4v) is 3.44. The Morgan fingerprint density at radius 1 is 1.09 bits per heavy atom. The monoisotopic (exact) mass is 336 g/mol. The predicted octanol–water partition coefficient (Wildman–Crippen LogP) is 2.40. The summed E-state index contributed by atoms with van der Waals surface area (Å²) < 4.78 is 52.0. The van der Waals surface area contributed by atoms with E-state index in [4.69, 9.17) is 9.47 Å². The molecule has 23 heavy (non-hydrogen) atoms. The number of sulfonamides is 1. The molecule has 8 heteroatoms. The zero-order chi connectivity index (χ0) is 16.6. The molecule has 1 N–H and O–H groups in total. The number of anilines is 1. The predicted molar refractivity (Wildman–Crippen MR) is 83.3 cm³/mol. The van der Waals surface area contributed by atoms with Crippen LogP contribution < -0.4 is 14.8 Å². The summed E-state index contributed by atoms with van der Waals surface area (Å²) >= 11 is 0. The summed E-state index contributed by atoms with van der Waals surface area (Å²) in [6.07, 6.45) is 0. The fraction of sp³-hybridized carbons (Fsp3) is 0.133. The lowest BCUT2D eigenvalue weighted by Crippen LogP contribution is -2.13. The van der Waals surface area contributed by atoms with E-state index in [1.54, 1.807) is 18.2 Å². The summed E-state index contributed by atoms with van der Waals surface area (Å²) in [4.78, 5) is -0.158. The van der Waals surface area contributed by atoms with Crippen molar-refractivity contribution in [2.45, 2.75) is 4.90 Å². The molecule has 0 aliphatic carbocycles. The van der Waals surface area contributed by atoms with E-state index in [-0.39, 0.29) is 16.3 Å². The van der Waals surface area contributed by atoms with Gasteiger partial charge in [-0.05, 0) is 12.1 Å². The van der Waals surface area contributed by atoms with Crippen molar-refractivity contribution < 1.29 is 22.3 Å². The molecule has 0 saturated carbocycles. The van der Waals surface area contributed by atoms with Crippen molar-refractivity contribution in [3.63, 3.8) is 0 Å². The molecule has 0 spiro atoms. The number of hydrogen-bond donors (Lipinski definition) is 1. The summed E-state index contributed by atoms with van der Waals surface area (Å²) in [7, 11) is -0.924. The highest BCUT2D eigenvalue weighted by atomic mass is 32.2. The molecule has 1 aliphatic heterocycles. The lowest BCUT2D eigenvalue weighted by atomic mass is 10.2. The van der Waals surface area contributed by atoms with Gasteiger partial charge in [-0.3, -0.25) is 0 Å². The van der Waals surface area contributed by atoms with Crippen LogP contribution in [0, 0.1) is 5.82 Å². The molecule has 1 aliphatic rings. The van der Waals surface area contributed by atoms with Crippen molar-refractivity contribution in [3.8, 4) is 11.5 Å². The van der Waals surface area contributed by atoms with Crippen molar-refractivity contribution in [2.75, 3.05) is 19.5 Å². The Labute approximate surface area is 132 Å². The molecule has 0 unspecified atom stereocenters. The van der Waals surface area contributed by atoms with Gasteiger partial charge in [0.25, 0.3) is 10.0 Å². The van der Waals surface area contributed by atoms with Gasteiger partial charge in [-0.1, -0.05) is 6.07 Å². The van der Waals surface area contributed by atoms with Gasteiger partial charge in [-0.15, -0.1) is 4.40 Å². The van der Waals surface area contributed by atoms with E-state index in [1.807, 2.05) is 0 Å². The molecule has 0 radical (unpaired) electrons. The molecule has 1 heterocycles. The largest absolute Gasteiger partial charge is 0.497 e. The van der Waals surface area contributed by atoms with Crippen LogP contribution in [0.5, 0.6) is 11.5 Å². The molecule has 0 amide bonds. The maximum atomic E-state index is 14.0. The molecular formula is C15H13FN2O4S. The first-order valence-corrected chi connectivity index (χ1v) is 8.02. The zero-order valence-electron chi connectivity index (χ0n) is 12.3. The van der Waals surface area contributed by atoms with Gasteiger partial charge in [0, 0.05) is 23.9 Å². The molecular weight excluding hydrogens is 323 g/mol. The van der Waals surface area contributed by atoms with Crippen molar-refractivity contribution >= 4 is 21.5 Å². The van der Waals surface area contributed by atoms with Crippen LogP contribution in [-0.2, 0) is 10.0 Å². The first-order valence-electron chi connectivity index (χ1n) is 6.58. The number of hydrogen-bond acceptors (Lipinski definition) is 5. The summed E-state index contributed by atoms with van der Waals surface area (Å²) in [5.74, 6) is 0.266. The van der Waals surface area contributed by atoms with E-state index in [1.165, 1.54) is 32.4 Å². The molecule has 2 aromatic carbocycles. The van der Waals surface area contributed by atoms with Gasteiger partial charge < -0.3 is 14.8 Å². The Morgan fingerprint density at radius 3 is 2.35 bits per heavy atom. The van der Waals surface area contributed by atoms with Gasteiger partial charge in [0.15, 0.2) is 5.84 Å². The molecule has 2 aromatic rings. The van der Waals surface area contributed by atoms with Gasteiger partial charge >= 0.3 is 0 Å². The van der Waals surface area contributed by atoms with Crippen LogP contribution in [0.3, 0.4) is 0 Å². The summed E-state index contributed by atoms with van der Waals surface area (Å²) in [5.41, 5.74) is 0.389. The Hall–Kier alpha value is -2.61. The van der Waals surface area contributed by atoms with E-state index < -0.39 is 15.8 Å². The molecule has 6 nitrogen and oxygen atoms in total. The number of ether oxygens (including phenoxy) is 2. The van der Waals surface area contributed by atoms with Crippen LogP contribution in [0.1, 0.15) is 5.56 Å². The molecule has 0 aromatic heterocycles. The van der Waals surface area contributed by atoms with E-state index in [0.717, 1.165) is 0 Å². The summed E-state index contributed by atoms with van der Waals surface area (Å²) in [5, 5.41) is 2.81. The second kappa shape index (κ2) is 5.54. The topological polar surface area (TPSA) is 77.0 Å². The zero-order valence-corrected chi connectivity index (χ0v) is 13.1. The summed E-state index contributed by atoms with van der Waals surface area (Å²) in [6, 6.07) is 8.74. The average molecular weight is 336 g/mol. The Balaban J connectivity index is 2.06. The highest BCUT2D eigenvalue weighted by molar-refractivity contribution is 7.90. The van der Waals surface area contributed by atoms with Crippen LogP contribution in [-0.4, -0.2) is 28.5 Å². The third-order valence-corrected chi connectivity index (χ3v) is 4.63. The molecule has 0 fully saturated rings. The van der Waals surface area contributed by atoms with E-state index in [2.05, 4.69) is 9.71 Å². The standard InChI is InChI=1S/C15H13FN2O4S/c1-21-10-6-9(7-11(8-10)22-2)17-15-14-12(16)4-3-5-13(14)23(19,20)18-15/h3-8H,1-2H3,(H,17,18). The highest BCUT2D eigenvalue weighted by Gasteiger charge is 2.31. The molecule has 0 saturated heterocycles. The molecule has 0 bridgehead atoms. The number of halogens is 1. The van der Waals surface area contributed by atoms with Crippen LogP contribution in [0.15, 0.2) is 45.7 Å². The lowest BCUT2D eigenvalue weighted by molar-refractivity contribution is 0.395. The van der Waals surface area contributed by atoms with E-state index in [0.29, 0.717) is 17.2 Å². The van der Waals surface area contributed by atoms with Crippen LogP contribution >= 0.6 is 0 Å². The minimum absolute atomic E-state index is 0.0747. The third kappa shape index (κ3) is 2.72. The lowest BCUT2D eigenvalue weighted by Gasteiger charge is -2.11. The van der Waals surface area contributed by atoms with Crippen LogP contribution in [0.4, 0.5) is 10.1 Å². The number of benzene rings is 2. The number of methoxy groups -OCH3 is 2. The second-order valence-corrected chi connectivity index (χ2v) is 6.33. The SMILES string of the molecule is COc1cc(NC2=NS(=O)(=O)c3cccc(F)c32)cc(OC)c1. The van der Waals surface area contributed by atoms with E-state index in [9.17, 15) is 12.8 Å². The Morgan fingerprint density at radius 2 is 1.74 bits per heavy atom.